The SMILES string of the molecule is COc1ccccc1C(C)NC(=O)C(C)NCC1CN(C)CCO1. The molecule has 3 atom stereocenters. The van der Waals surface area contributed by atoms with Crippen LogP contribution in [0.2, 0.25) is 0 Å². The summed E-state index contributed by atoms with van der Waals surface area (Å²) in [5, 5.41) is 6.30. The van der Waals surface area contributed by atoms with Gasteiger partial charge in [0.25, 0.3) is 0 Å². The third-order valence-electron chi connectivity index (χ3n) is 4.35. The normalized spacial score (nSPS) is 21.1. The van der Waals surface area contributed by atoms with E-state index < -0.39 is 0 Å². The number of carbonyl (C=O) groups excluding carboxylic acids is 1. The van der Waals surface area contributed by atoms with Gasteiger partial charge in [0.1, 0.15) is 5.75 Å². The number of benzene rings is 1. The van der Waals surface area contributed by atoms with Crippen LogP contribution in [0, 0.1) is 0 Å². The van der Waals surface area contributed by atoms with E-state index >= 15 is 0 Å². The first-order valence-electron chi connectivity index (χ1n) is 8.48. The second-order valence-electron chi connectivity index (χ2n) is 6.36. The largest absolute Gasteiger partial charge is 0.496 e. The van der Waals surface area contributed by atoms with Crippen molar-refractivity contribution >= 4 is 5.91 Å². The average Bonchev–Trinajstić information content (AvgIpc) is 2.59. The molecule has 0 bridgehead atoms. The molecule has 1 aromatic carbocycles. The predicted octanol–water partition coefficient (Wildman–Crippen LogP) is 1.18. The molecule has 24 heavy (non-hydrogen) atoms. The van der Waals surface area contributed by atoms with Gasteiger partial charge in [-0.05, 0) is 27.0 Å². The maximum Gasteiger partial charge on any atom is 0.237 e. The van der Waals surface area contributed by atoms with Gasteiger partial charge in [0.2, 0.25) is 5.91 Å². The van der Waals surface area contributed by atoms with E-state index in [2.05, 4.69) is 22.6 Å². The van der Waals surface area contributed by atoms with Gasteiger partial charge in [-0.2, -0.15) is 0 Å². The number of amides is 1. The minimum absolute atomic E-state index is 0.0300. The number of methoxy groups -OCH3 is 1. The maximum absolute atomic E-state index is 12.4. The Kier molecular flexibility index (Phi) is 7.02. The van der Waals surface area contributed by atoms with Gasteiger partial charge in [0.05, 0.1) is 31.9 Å². The summed E-state index contributed by atoms with van der Waals surface area (Å²) in [5.74, 6) is 0.752. The third kappa shape index (κ3) is 5.19. The minimum atomic E-state index is -0.280. The fourth-order valence-electron chi connectivity index (χ4n) is 2.83. The smallest absolute Gasteiger partial charge is 0.237 e. The maximum atomic E-state index is 12.4. The van der Waals surface area contributed by atoms with Crippen molar-refractivity contribution in [2.75, 3.05) is 40.4 Å². The van der Waals surface area contributed by atoms with Gasteiger partial charge < -0.3 is 25.0 Å². The number of hydrogen-bond acceptors (Lipinski definition) is 5. The number of para-hydroxylation sites is 1. The van der Waals surface area contributed by atoms with Crippen LogP contribution in [-0.2, 0) is 9.53 Å². The van der Waals surface area contributed by atoms with Gasteiger partial charge in [-0.15, -0.1) is 0 Å². The summed E-state index contributed by atoms with van der Waals surface area (Å²) in [6.07, 6.45) is 0.130. The highest BCUT2D eigenvalue weighted by Crippen LogP contribution is 2.24. The number of ether oxygens (including phenoxy) is 2. The number of nitrogens with zero attached hydrogens (tertiary/aromatic N) is 1. The molecule has 0 radical (unpaired) electrons. The van der Waals surface area contributed by atoms with E-state index in [0.717, 1.165) is 31.0 Å². The minimum Gasteiger partial charge on any atom is -0.496 e. The molecule has 1 aromatic rings. The summed E-state index contributed by atoms with van der Waals surface area (Å²) in [5.41, 5.74) is 0.970. The summed E-state index contributed by atoms with van der Waals surface area (Å²) >= 11 is 0. The third-order valence-corrected chi connectivity index (χ3v) is 4.35. The molecule has 0 spiro atoms. The first-order chi connectivity index (χ1) is 11.5. The van der Waals surface area contributed by atoms with Crippen molar-refractivity contribution in [2.24, 2.45) is 0 Å². The fraction of sp³-hybridized carbons (Fsp3) is 0.611. The zero-order chi connectivity index (χ0) is 17.5. The molecule has 1 aliphatic heterocycles. The Balaban J connectivity index is 1.82. The highest BCUT2D eigenvalue weighted by molar-refractivity contribution is 5.81. The first kappa shape index (κ1) is 18.7. The van der Waals surface area contributed by atoms with E-state index in [4.69, 9.17) is 9.47 Å². The second kappa shape index (κ2) is 9.01. The van der Waals surface area contributed by atoms with Crippen molar-refractivity contribution in [3.05, 3.63) is 29.8 Å². The lowest BCUT2D eigenvalue weighted by molar-refractivity contribution is -0.123. The van der Waals surface area contributed by atoms with Gasteiger partial charge in [-0.3, -0.25) is 4.79 Å². The molecule has 1 heterocycles. The lowest BCUT2D eigenvalue weighted by atomic mass is 10.1. The molecule has 6 nitrogen and oxygen atoms in total. The van der Waals surface area contributed by atoms with Crippen LogP contribution in [0.15, 0.2) is 24.3 Å². The number of morpholine rings is 1. The van der Waals surface area contributed by atoms with Crippen LogP contribution in [0.25, 0.3) is 0 Å². The standard InChI is InChI=1S/C18H29N3O3/c1-13(16-7-5-6-8-17(16)23-4)20-18(22)14(2)19-11-15-12-21(3)9-10-24-15/h5-8,13-15,19H,9-12H2,1-4H3,(H,20,22). The van der Waals surface area contributed by atoms with Gasteiger partial charge in [0, 0.05) is 25.2 Å². The quantitative estimate of drug-likeness (QED) is 0.783. The molecular weight excluding hydrogens is 306 g/mol. The van der Waals surface area contributed by atoms with E-state index in [1.807, 2.05) is 38.1 Å². The molecule has 0 aromatic heterocycles. The topological polar surface area (TPSA) is 62.8 Å². The fourth-order valence-corrected chi connectivity index (χ4v) is 2.83. The van der Waals surface area contributed by atoms with E-state index in [0.29, 0.717) is 6.54 Å². The Labute approximate surface area is 144 Å². The number of nitrogens with one attached hydrogen (secondary N) is 2. The lowest BCUT2D eigenvalue weighted by Gasteiger charge is -2.31. The van der Waals surface area contributed by atoms with Gasteiger partial charge in [-0.25, -0.2) is 0 Å². The Bertz CT molecular complexity index is 538. The summed E-state index contributed by atoms with van der Waals surface area (Å²) in [7, 11) is 3.72. The molecular formula is C18H29N3O3. The number of likely N-dealkylation sites (N-methyl/N-ethyl adjacent to an activating group) is 1. The zero-order valence-electron chi connectivity index (χ0n) is 15.0. The lowest BCUT2D eigenvalue weighted by Crippen LogP contribution is -2.49. The monoisotopic (exact) mass is 335 g/mol. The van der Waals surface area contributed by atoms with Crippen molar-refractivity contribution in [3.63, 3.8) is 0 Å². The summed E-state index contributed by atoms with van der Waals surface area (Å²) in [6.45, 7) is 7.09. The Morgan fingerprint density at radius 1 is 1.42 bits per heavy atom. The van der Waals surface area contributed by atoms with Gasteiger partial charge in [0.15, 0.2) is 0 Å². The van der Waals surface area contributed by atoms with Gasteiger partial charge in [-0.1, -0.05) is 18.2 Å². The Morgan fingerprint density at radius 3 is 2.88 bits per heavy atom. The van der Waals surface area contributed by atoms with Crippen LogP contribution in [0.5, 0.6) is 5.75 Å². The van der Waals surface area contributed by atoms with Crippen LogP contribution < -0.4 is 15.4 Å². The van der Waals surface area contributed by atoms with Crippen molar-refractivity contribution in [1.29, 1.82) is 0 Å². The summed E-state index contributed by atoms with van der Waals surface area (Å²) in [6, 6.07) is 7.33. The molecule has 1 fully saturated rings. The first-order valence-corrected chi connectivity index (χ1v) is 8.48. The van der Waals surface area contributed by atoms with Crippen LogP contribution in [0.1, 0.15) is 25.5 Å². The predicted molar refractivity (Wildman–Crippen MR) is 94.3 cm³/mol. The van der Waals surface area contributed by atoms with Gasteiger partial charge >= 0.3 is 0 Å². The molecule has 0 saturated carbocycles. The van der Waals surface area contributed by atoms with Crippen LogP contribution >= 0.6 is 0 Å². The molecule has 1 amide bonds. The number of carbonyl (C=O) groups is 1. The highest BCUT2D eigenvalue weighted by atomic mass is 16.5. The van der Waals surface area contributed by atoms with E-state index in [1.54, 1.807) is 7.11 Å². The highest BCUT2D eigenvalue weighted by Gasteiger charge is 2.21. The van der Waals surface area contributed by atoms with Crippen LogP contribution in [-0.4, -0.2) is 63.4 Å². The second-order valence-corrected chi connectivity index (χ2v) is 6.36. The molecule has 3 unspecified atom stereocenters. The van der Waals surface area contributed by atoms with Crippen molar-refractivity contribution in [1.82, 2.24) is 15.5 Å². The van der Waals surface area contributed by atoms with Crippen LogP contribution in [0.4, 0.5) is 0 Å². The number of hydrogen-bond donors (Lipinski definition) is 2. The molecule has 6 heteroatoms. The molecule has 134 valence electrons. The summed E-state index contributed by atoms with van der Waals surface area (Å²) in [4.78, 5) is 14.6. The van der Waals surface area contributed by atoms with E-state index in [-0.39, 0.29) is 24.1 Å². The molecule has 2 N–H and O–H groups in total. The molecule has 0 aliphatic carbocycles. The van der Waals surface area contributed by atoms with E-state index in [1.165, 1.54) is 0 Å². The van der Waals surface area contributed by atoms with Crippen LogP contribution in [0.3, 0.4) is 0 Å². The number of rotatable bonds is 7. The zero-order valence-corrected chi connectivity index (χ0v) is 15.0. The molecule has 2 rings (SSSR count). The van der Waals surface area contributed by atoms with Crippen molar-refractivity contribution < 1.29 is 14.3 Å². The Hall–Kier alpha value is -1.63. The molecule has 1 saturated heterocycles. The summed E-state index contributed by atoms with van der Waals surface area (Å²) < 4.78 is 11.1. The Morgan fingerprint density at radius 2 is 2.17 bits per heavy atom. The average molecular weight is 335 g/mol. The van der Waals surface area contributed by atoms with E-state index in [9.17, 15) is 4.79 Å². The van der Waals surface area contributed by atoms with Crippen molar-refractivity contribution in [2.45, 2.75) is 32.0 Å². The molecule has 1 aliphatic rings. The van der Waals surface area contributed by atoms with Crippen molar-refractivity contribution in [3.8, 4) is 5.75 Å².